The number of carbonyl (C=O) groups is 1. The van der Waals surface area contributed by atoms with E-state index in [1.807, 2.05) is 30.3 Å². The van der Waals surface area contributed by atoms with Crippen LogP contribution in [-0.2, 0) is 10.0 Å². The summed E-state index contributed by atoms with van der Waals surface area (Å²) in [5, 5.41) is 3.67. The number of rotatable bonds is 7. The molecule has 0 aliphatic heterocycles. The van der Waals surface area contributed by atoms with Crippen LogP contribution in [0.2, 0.25) is 0 Å². The van der Waals surface area contributed by atoms with Gasteiger partial charge in [-0.15, -0.1) is 0 Å². The summed E-state index contributed by atoms with van der Waals surface area (Å²) in [6.07, 6.45) is 1.73. The van der Waals surface area contributed by atoms with E-state index in [0.717, 1.165) is 9.92 Å². The molecule has 0 fully saturated rings. The van der Waals surface area contributed by atoms with Gasteiger partial charge in [0.1, 0.15) is 5.03 Å². The minimum atomic E-state index is -3.71. The second-order valence-electron chi connectivity index (χ2n) is 6.75. The van der Waals surface area contributed by atoms with Gasteiger partial charge >= 0.3 is 0 Å². The van der Waals surface area contributed by atoms with E-state index in [2.05, 4.69) is 15.0 Å². The van der Waals surface area contributed by atoms with Crippen molar-refractivity contribution in [1.82, 2.24) is 4.98 Å². The van der Waals surface area contributed by atoms with Crippen LogP contribution < -0.4 is 10.0 Å². The number of aromatic nitrogens is 1. The van der Waals surface area contributed by atoms with Crippen LogP contribution in [0.5, 0.6) is 0 Å². The predicted molar refractivity (Wildman–Crippen MR) is 126 cm³/mol. The van der Waals surface area contributed by atoms with Gasteiger partial charge in [-0.05, 0) is 66.7 Å². The molecule has 1 aromatic heterocycles. The van der Waals surface area contributed by atoms with Gasteiger partial charge in [0, 0.05) is 22.3 Å². The van der Waals surface area contributed by atoms with Crippen LogP contribution in [0.3, 0.4) is 0 Å². The van der Waals surface area contributed by atoms with E-state index in [-0.39, 0.29) is 10.8 Å². The van der Waals surface area contributed by atoms with Crippen molar-refractivity contribution in [2.24, 2.45) is 0 Å². The Morgan fingerprint density at radius 1 is 0.781 bits per heavy atom. The highest BCUT2D eigenvalue weighted by atomic mass is 32.2. The Morgan fingerprint density at radius 3 is 2.22 bits per heavy atom. The summed E-state index contributed by atoms with van der Waals surface area (Å²) in [5.74, 6) is -0.289. The minimum absolute atomic E-state index is 0.165. The first-order valence-corrected chi connectivity index (χ1v) is 12.0. The molecular formula is C24H19N3O3S2. The third-order valence-corrected chi connectivity index (χ3v) is 6.76. The van der Waals surface area contributed by atoms with Crippen molar-refractivity contribution in [2.75, 3.05) is 10.0 Å². The molecule has 2 N–H and O–H groups in total. The Hall–Kier alpha value is -3.62. The largest absolute Gasteiger partial charge is 0.322 e. The van der Waals surface area contributed by atoms with Gasteiger partial charge in [-0.2, -0.15) is 0 Å². The van der Waals surface area contributed by atoms with Gasteiger partial charge in [-0.3, -0.25) is 9.52 Å². The third kappa shape index (κ3) is 5.54. The molecule has 0 bridgehead atoms. The quantitative estimate of drug-likeness (QED) is 0.391. The first kappa shape index (κ1) is 21.6. The lowest BCUT2D eigenvalue weighted by Gasteiger charge is -2.11. The van der Waals surface area contributed by atoms with Gasteiger partial charge in [0.25, 0.3) is 15.9 Å². The molecule has 0 aliphatic carbocycles. The lowest BCUT2D eigenvalue weighted by Crippen LogP contribution is -2.14. The van der Waals surface area contributed by atoms with Crippen LogP contribution in [-0.4, -0.2) is 19.3 Å². The fourth-order valence-electron chi connectivity index (χ4n) is 2.88. The lowest BCUT2D eigenvalue weighted by molar-refractivity contribution is 0.102. The fraction of sp³-hybridized carbons (Fsp3) is 0. The molecule has 0 atom stereocenters. The number of benzene rings is 3. The van der Waals surface area contributed by atoms with Crippen LogP contribution in [0.1, 0.15) is 10.4 Å². The normalized spacial score (nSPS) is 11.0. The van der Waals surface area contributed by atoms with Crippen molar-refractivity contribution in [2.45, 2.75) is 14.8 Å². The summed E-state index contributed by atoms with van der Waals surface area (Å²) < 4.78 is 27.6. The highest BCUT2D eigenvalue weighted by Crippen LogP contribution is 2.26. The Labute approximate surface area is 190 Å². The number of hydrogen-bond acceptors (Lipinski definition) is 5. The Morgan fingerprint density at radius 2 is 1.50 bits per heavy atom. The molecule has 0 saturated heterocycles. The van der Waals surface area contributed by atoms with Crippen LogP contribution in [0.15, 0.2) is 118 Å². The molecule has 8 heteroatoms. The van der Waals surface area contributed by atoms with Crippen LogP contribution >= 0.6 is 11.8 Å². The molecule has 160 valence electrons. The van der Waals surface area contributed by atoms with Gasteiger partial charge < -0.3 is 5.32 Å². The molecule has 3 aromatic carbocycles. The number of nitrogens with zero attached hydrogens (tertiary/aromatic N) is 1. The zero-order valence-electron chi connectivity index (χ0n) is 16.8. The average molecular weight is 462 g/mol. The number of pyridine rings is 1. The van der Waals surface area contributed by atoms with Gasteiger partial charge in [0.05, 0.1) is 10.6 Å². The van der Waals surface area contributed by atoms with Gasteiger partial charge in [-0.1, -0.05) is 42.1 Å². The van der Waals surface area contributed by atoms with E-state index in [9.17, 15) is 13.2 Å². The Balaban J connectivity index is 1.42. The number of amides is 1. The summed E-state index contributed by atoms with van der Waals surface area (Å²) in [6, 6.07) is 27.6. The second kappa shape index (κ2) is 9.67. The maximum absolute atomic E-state index is 12.6. The number of anilines is 2. The summed E-state index contributed by atoms with van der Waals surface area (Å²) in [7, 11) is -3.71. The Kier molecular flexibility index (Phi) is 6.53. The van der Waals surface area contributed by atoms with Crippen LogP contribution in [0.25, 0.3) is 0 Å². The molecule has 1 amide bonds. The maximum atomic E-state index is 12.6. The monoisotopic (exact) mass is 461 g/mol. The molecule has 1 heterocycles. The zero-order valence-corrected chi connectivity index (χ0v) is 18.4. The van der Waals surface area contributed by atoms with Crippen LogP contribution in [0.4, 0.5) is 11.4 Å². The van der Waals surface area contributed by atoms with Gasteiger partial charge in [0.2, 0.25) is 0 Å². The molecule has 4 rings (SSSR count). The van der Waals surface area contributed by atoms with E-state index in [0.29, 0.717) is 16.9 Å². The van der Waals surface area contributed by atoms with E-state index in [1.165, 1.54) is 23.9 Å². The standard InChI is InChI=1S/C24H19N3O3S2/c28-24(18-12-14-21(15-13-18)31-23-11-4-5-16-25-23)26-19-7-6-8-20(17-19)27-32(29,30)22-9-2-1-3-10-22/h1-17,27H,(H,26,28). The fourth-order valence-corrected chi connectivity index (χ4v) is 4.72. The minimum Gasteiger partial charge on any atom is -0.322 e. The summed E-state index contributed by atoms with van der Waals surface area (Å²) in [6.45, 7) is 0. The molecule has 0 unspecified atom stereocenters. The van der Waals surface area contributed by atoms with Gasteiger partial charge in [-0.25, -0.2) is 13.4 Å². The molecule has 0 aliphatic rings. The summed E-state index contributed by atoms with van der Waals surface area (Å²) in [5.41, 5.74) is 1.33. The van der Waals surface area contributed by atoms with E-state index in [4.69, 9.17) is 0 Å². The average Bonchev–Trinajstić information content (AvgIpc) is 2.81. The molecule has 0 radical (unpaired) electrons. The first-order chi connectivity index (χ1) is 15.5. The summed E-state index contributed by atoms with van der Waals surface area (Å²) in [4.78, 5) is 18.0. The van der Waals surface area contributed by atoms with Crippen molar-refractivity contribution in [3.8, 4) is 0 Å². The van der Waals surface area contributed by atoms with E-state index in [1.54, 1.807) is 60.8 Å². The smallest absolute Gasteiger partial charge is 0.261 e. The van der Waals surface area contributed by atoms with Crippen molar-refractivity contribution in [1.29, 1.82) is 0 Å². The highest BCUT2D eigenvalue weighted by molar-refractivity contribution is 7.99. The van der Waals surface area contributed by atoms with E-state index >= 15 is 0 Å². The first-order valence-electron chi connectivity index (χ1n) is 9.68. The molecule has 32 heavy (non-hydrogen) atoms. The van der Waals surface area contributed by atoms with Crippen LogP contribution in [0, 0.1) is 0 Å². The number of sulfonamides is 1. The molecule has 6 nitrogen and oxygen atoms in total. The van der Waals surface area contributed by atoms with E-state index < -0.39 is 10.0 Å². The molecule has 0 saturated carbocycles. The number of nitrogens with one attached hydrogen (secondary N) is 2. The van der Waals surface area contributed by atoms with Crippen molar-refractivity contribution < 1.29 is 13.2 Å². The van der Waals surface area contributed by atoms with Crippen molar-refractivity contribution in [3.05, 3.63) is 109 Å². The lowest BCUT2D eigenvalue weighted by atomic mass is 10.2. The third-order valence-electron chi connectivity index (χ3n) is 4.40. The SMILES string of the molecule is O=C(Nc1cccc(NS(=O)(=O)c2ccccc2)c1)c1ccc(Sc2ccccn2)cc1. The zero-order chi connectivity index (χ0) is 22.4. The number of hydrogen-bond donors (Lipinski definition) is 2. The predicted octanol–water partition coefficient (Wildman–Crippen LogP) is 5.29. The van der Waals surface area contributed by atoms with Crippen molar-refractivity contribution in [3.63, 3.8) is 0 Å². The Bertz CT molecular complexity index is 1310. The van der Waals surface area contributed by atoms with Crippen molar-refractivity contribution >= 4 is 39.1 Å². The summed E-state index contributed by atoms with van der Waals surface area (Å²) >= 11 is 1.51. The highest BCUT2D eigenvalue weighted by Gasteiger charge is 2.14. The second-order valence-corrected chi connectivity index (χ2v) is 9.52. The maximum Gasteiger partial charge on any atom is 0.261 e. The molecule has 4 aromatic rings. The topological polar surface area (TPSA) is 88.2 Å². The molecule has 0 spiro atoms. The molecular weight excluding hydrogens is 442 g/mol. The number of carbonyl (C=O) groups excluding carboxylic acids is 1. The van der Waals surface area contributed by atoms with Gasteiger partial charge in [0.15, 0.2) is 0 Å².